The molecule has 0 radical (unpaired) electrons. The first-order valence-corrected chi connectivity index (χ1v) is 9.33. The van der Waals surface area contributed by atoms with Crippen molar-refractivity contribution in [2.24, 2.45) is 4.99 Å². The molecule has 6 heteroatoms. The fourth-order valence-electron chi connectivity index (χ4n) is 3.14. The third kappa shape index (κ3) is 6.53. The zero-order valence-corrected chi connectivity index (χ0v) is 15.4. The zero-order chi connectivity index (χ0) is 18.1. The van der Waals surface area contributed by atoms with E-state index in [2.05, 4.69) is 27.4 Å². The minimum Gasteiger partial charge on any atom is -0.505 e. The molecule has 1 fully saturated rings. The highest BCUT2D eigenvalue weighted by atomic mass is 19.1. The summed E-state index contributed by atoms with van der Waals surface area (Å²) in [4.78, 5) is 7.05. The molecule has 1 heterocycles. The number of piperidine rings is 1. The van der Waals surface area contributed by atoms with Crippen LogP contribution in [0.3, 0.4) is 0 Å². The lowest BCUT2D eigenvalue weighted by atomic mass is 10.0. The molecule has 0 aromatic heterocycles. The lowest BCUT2D eigenvalue weighted by Gasteiger charge is -2.33. The molecule has 140 valence electrons. The Hall–Kier alpha value is -1.82. The lowest BCUT2D eigenvalue weighted by Crippen LogP contribution is -2.41. The average molecular weight is 350 g/mol. The molecular formula is C19H31FN4O. The van der Waals surface area contributed by atoms with E-state index < -0.39 is 5.82 Å². The van der Waals surface area contributed by atoms with Crippen LogP contribution in [0.4, 0.5) is 4.39 Å². The van der Waals surface area contributed by atoms with Crippen LogP contribution in [0.1, 0.15) is 45.1 Å². The van der Waals surface area contributed by atoms with Crippen molar-refractivity contribution in [3.05, 3.63) is 29.6 Å². The number of nitrogens with zero attached hydrogens (tertiary/aromatic N) is 2. The molecule has 0 amide bonds. The van der Waals surface area contributed by atoms with E-state index in [-0.39, 0.29) is 5.75 Å². The van der Waals surface area contributed by atoms with Gasteiger partial charge in [0.05, 0.1) is 6.54 Å². The van der Waals surface area contributed by atoms with Crippen molar-refractivity contribution in [3.8, 4) is 5.75 Å². The molecule has 1 aromatic carbocycles. The second-order valence-corrected chi connectivity index (χ2v) is 6.64. The number of nitrogens with one attached hydrogen (secondary N) is 2. The molecule has 1 aromatic rings. The summed E-state index contributed by atoms with van der Waals surface area (Å²) < 4.78 is 13.4. The van der Waals surface area contributed by atoms with Crippen molar-refractivity contribution >= 4 is 5.96 Å². The van der Waals surface area contributed by atoms with Gasteiger partial charge in [-0.05, 0) is 57.4 Å². The Labute approximate surface area is 150 Å². The summed E-state index contributed by atoms with van der Waals surface area (Å²) in [6.45, 7) is 8.66. The monoisotopic (exact) mass is 350 g/mol. The number of guanidine groups is 1. The van der Waals surface area contributed by atoms with E-state index in [1.165, 1.54) is 37.9 Å². The van der Waals surface area contributed by atoms with E-state index in [9.17, 15) is 9.50 Å². The Morgan fingerprint density at radius 1 is 1.36 bits per heavy atom. The van der Waals surface area contributed by atoms with Crippen LogP contribution in [0, 0.1) is 5.82 Å². The van der Waals surface area contributed by atoms with E-state index >= 15 is 0 Å². The number of benzene rings is 1. The van der Waals surface area contributed by atoms with Crippen LogP contribution >= 0.6 is 0 Å². The van der Waals surface area contributed by atoms with Gasteiger partial charge in [-0.15, -0.1) is 0 Å². The number of halogens is 1. The molecule has 25 heavy (non-hydrogen) atoms. The van der Waals surface area contributed by atoms with E-state index in [0.717, 1.165) is 37.6 Å². The lowest BCUT2D eigenvalue weighted by molar-refractivity contribution is 0.159. The minimum atomic E-state index is -0.610. The van der Waals surface area contributed by atoms with Crippen LogP contribution in [0.5, 0.6) is 5.75 Å². The van der Waals surface area contributed by atoms with Gasteiger partial charge in [0, 0.05) is 25.7 Å². The molecular weight excluding hydrogens is 319 g/mol. The second kappa shape index (κ2) is 10.2. The van der Waals surface area contributed by atoms with Crippen LogP contribution in [0.2, 0.25) is 0 Å². The number of phenolic OH excluding ortho intramolecular Hbond substituents is 1. The molecule has 1 atom stereocenters. The number of rotatable bonds is 7. The predicted molar refractivity (Wildman–Crippen MR) is 100 cm³/mol. The standard InChI is InChI=1S/C19H31FN4O/c1-3-21-19(23-14-16-8-9-18(25)17(20)13-16)22-10-6-12-24-11-5-4-7-15(24)2/h8-9,13,15,25H,3-7,10-12,14H2,1-2H3,(H2,21,22,23). The Morgan fingerprint density at radius 3 is 2.92 bits per heavy atom. The smallest absolute Gasteiger partial charge is 0.191 e. The highest BCUT2D eigenvalue weighted by Crippen LogP contribution is 2.17. The largest absolute Gasteiger partial charge is 0.505 e. The fourth-order valence-corrected chi connectivity index (χ4v) is 3.14. The quantitative estimate of drug-likeness (QED) is 0.402. The van der Waals surface area contributed by atoms with Crippen LogP contribution in [0.25, 0.3) is 0 Å². The summed E-state index contributed by atoms with van der Waals surface area (Å²) in [5.41, 5.74) is 0.731. The third-order valence-electron chi connectivity index (χ3n) is 4.63. The van der Waals surface area contributed by atoms with Gasteiger partial charge in [-0.25, -0.2) is 9.38 Å². The number of hydrogen-bond donors (Lipinski definition) is 3. The highest BCUT2D eigenvalue weighted by Gasteiger charge is 2.17. The number of hydrogen-bond acceptors (Lipinski definition) is 3. The summed E-state index contributed by atoms with van der Waals surface area (Å²) in [5.74, 6) is -0.200. The van der Waals surface area contributed by atoms with Gasteiger partial charge >= 0.3 is 0 Å². The van der Waals surface area contributed by atoms with Crippen molar-refractivity contribution in [1.82, 2.24) is 15.5 Å². The van der Waals surface area contributed by atoms with Gasteiger partial charge < -0.3 is 20.6 Å². The van der Waals surface area contributed by atoms with Gasteiger partial charge in [0.25, 0.3) is 0 Å². The van der Waals surface area contributed by atoms with Crippen LogP contribution in [-0.4, -0.2) is 48.2 Å². The molecule has 0 spiro atoms. The number of phenols is 1. The predicted octanol–water partition coefficient (Wildman–Crippen LogP) is 2.85. The Morgan fingerprint density at radius 2 is 2.20 bits per heavy atom. The molecule has 5 nitrogen and oxygen atoms in total. The molecule has 1 unspecified atom stereocenters. The zero-order valence-electron chi connectivity index (χ0n) is 15.4. The van der Waals surface area contributed by atoms with E-state index in [0.29, 0.717) is 12.6 Å². The van der Waals surface area contributed by atoms with Gasteiger partial charge in [-0.1, -0.05) is 12.5 Å². The first-order valence-electron chi connectivity index (χ1n) is 9.33. The Balaban J connectivity index is 1.77. The number of aromatic hydroxyl groups is 1. The second-order valence-electron chi connectivity index (χ2n) is 6.64. The van der Waals surface area contributed by atoms with Crippen LogP contribution < -0.4 is 10.6 Å². The highest BCUT2D eigenvalue weighted by molar-refractivity contribution is 5.79. The number of aliphatic imine (C=N–C) groups is 1. The Bertz CT molecular complexity index is 564. The maximum absolute atomic E-state index is 13.4. The van der Waals surface area contributed by atoms with E-state index in [1.54, 1.807) is 6.07 Å². The molecule has 0 saturated carbocycles. The molecule has 3 N–H and O–H groups in total. The van der Waals surface area contributed by atoms with Crippen molar-refractivity contribution in [1.29, 1.82) is 0 Å². The maximum Gasteiger partial charge on any atom is 0.191 e. The summed E-state index contributed by atoms with van der Waals surface area (Å²) in [6, 6.07) is 5.06. The normalized spacial score (nSPS) is 19.0. The summed E-state index contributed by atoms with van der Waals surface area (Å²) in [6.07, 6.45) is 5.04. The van der Waals surface area contributed by atoms with Gasteiger partial charge in [0.2, 0.25) is 0 Å². The SMILES string of the molecule is CCNC(=NCc1ccc(O)c(F)c1)NCCCN1CCCCC1C. The topological polar surface area (TPSA) is 59.9 Å². The van der Waals surface area contributed by atoms with Crippen molar-refractivity contribution in [2.45, 2.75) is 52.1 Å². The average Bonchev–Trinajstić information content (AvgIpc) is 2.60. The molecule has 0 bridgehead atoms. The van der Waals surface area contributed by atoms with Gasteiger partial charge in [0.1, 0.15) is 0 Å². The third-order valence-corrected chi connectivity index (χ3v) is 4.63. The van der Waals surface area contributed by atoms with E-state index in [1.807, 2.05) is 6.92 Å². The van der Waals surface area contributed by atoms with Crippen molar-refractivity contribution < 1.29 is 9.50 Å². The fraction of sp³-hybridized carbons (Fsp3) is 0.632. The molecule has 2 rings (SSSR count). The maximum atomic E-state index is 13.4. The van der Waals surface area contributed by atoms with Gasteiger partial charge in [0.15, 0.2) is 17.5 Å². The van der Waals surface area contributed by atoms with Crippen molar-refractivity contribution in [2.75, 3.05) is 26.2 Å². The minimum absolute atomic E-state index is 0.329. The Kier molecular flexibility index (Phi) is 7.98. The van der Waals surface area contributed by atoms with Crippen molar-refractivity contribution in [3.63, 3.8) is 0 Å². The summed E-state index contributed by atoms with van der Waals surface area (Å²) in [7, 11) is 0. The van der Waals surface area contributed by atoms with Crippen LogP contribution in [0.15, 0.2) is 23.2 Å². The molecule has 1 saturated heterocycles. The molecule has 0 aliphatic carbocycles. The van der Waals surface area contributed by atoms with Crippen LogP contribution in [-0.2, 0) is 6.54 Å². The van der Waals surface area contributed by atoms with Gasteiger partial charge in [-0.3, -0.25) is 0 Å². The first kappa shape index (κ1) is 19.5. The summed E-state index contributed by atoms with van der Waals surface area (Å²) >= 11 is 0. The molecule has 1 aliphatic heterocycles. The van der Waals surface area contributed by atoms with Gasteiger partial charge in [-0.2, -0.15) is 0 Å². The molecule has 1 aliphatic rings. The van der Waals surface area contributed by atoms with E-state index in [4.69, 9.17) is 0 Å². The summed E-state index contributed by atoms with van der Waals surface area (Å²) in [5, 5.41) is 15.8. The first-order chi connectivity index (χ1) is 12.1. The number of likely N-dealkylation sites (tertiary alicyclic amines) is 1.